The van der Waals surface area contributed by atoms with Gasteiger partial charge in [0.1, 0.15) is 6.04 Å². The summed E-state index contributed by atoms with van der Waals surface area (Å²) in [6, 6.07) is 9.86. The Kier molecular flexibility index (Phi) is 3.30. The predicted octanol–water partition coefficient (Wildman–Crippen LogP) is 2.54. The van der Waals surface area contributed by atoms with Crippen molar-refractivity contribution in [1.82, 2.24) is 5.43 Å². The van der Waals surface area contributed by atoms with Gasteiger partial charge >= 0.3 is 0 Å². The molecule has 7 heteroatoms. The number of non-ortho nitro benzene ring substituents is 1. The summed E-state index contributed by atoms with van der Waals surface area (Å²) < 4.78 is 5.06. The Hall–Kier alpha value is -2.85. The molecule has 21 heavy (non-hydrogen) atoms. The molecular weight excluding hydrogens is 272 g/mol. The highest BCUT2D eigenvalue weighted by Crippen LogP contribution is 2.31. The molecule has 2 unspecified atom stereocenters. The molecule has 3 rings (SSSR count). The van der Waals surface area contributed by atoms with Gasteiger partial charge in [0.15, 0.2) is 0 Å². The summed E-state index contributed by atoms with van der Waals surface area (Å²) in [7, 11) is 0. The summed E-state index contributed by atoms with van der Waals surface area (Å²) in [6.07, 6.45) is 3.85. The fourth-order valence-electron chi connectivity index (χ4n) is 2.42. The zero-order chi connectivity index (χ0) is 14.8. The lowest BCUT2D eigenvalue weighted by atomic mass is 10.1. The van der Waals surface area contributed by atoms with Crippen molar-refractivity contribution in [2.75, 3.05) is 5.01 Å². The Morgan fingerprint density at radius 2 is 2.14 bits per heavy atom. The molecule has 7 nitrogen and oxygen atoms in total. The molecule has 1 fully saturated rings. The van der Waals surface area contributed by atoms with E-state index in [-0.39, 0.29) is 17.8 Å². The molecule has 1 saturated heterocycles. The molecule has 0 spiro atoms. The molecule has 2 atom stereocenters. The molecule has 2 heterocycles. The van der Waals surface area contributed by atoms with Crippen LogP contribution in [-0.4, -0.2) is 11.0 Å². The lowest BCUT2D eigenvalue weighted by Gasteiger charge is -2.22. The Labute approximate surface area is 120 Å². The van der Waals surface area contributed by atoms with Crippen molar-refractivity contribution in [3.8, 4) is 6.07 Å². The van der Waals surface area contributed by atoms with Crippen molar-refractivity contribution in [1.29, 1.82) is 5.26 Å². The molecule has 1 aliphatic heterocycles. The van der Waals surface area contributed by atoms with Gasteiger partial charge in [-0.2, -0.15) is 5.26 Å². The van der Waals surface area contributed by atoms with Crippen LogP contribution in [0.1, 0.15) is 18.0 Å². The summed E-state index contributed by atoms with van der Waals surface area (Å²) in [5.74, 6) is 0. The lowest BCUT2D eigenvalue weighted by molar-refractivity contribution is -0.384. The van der Waals surface area contributed by atoms with Gasteiger partial charge in [0.05, 0.1) is 35.2 Å². The van der Waals surface area contributed by atoms with Crippen LogP contribution in [-0.2, 0) is 0 Å². The standard InChI is InChI=1S/C14H12N4O3/c15-8-13-7-14(10-5-6-21-9-10)16-17(13)11-1-3-12(4-2-11)18(19)20/h1-6,9,13-14,16H,7H2. The van der Waals surface area contributed by atoms with Gasteiger partial charge in [-0.05, 0) is 18.2 Å². The Balaban J connectivity index is 1.84. The molecule has 2 aromatic rings. The number of nitrogens with one attached hydrogen (secondary N) is 1. The molecular formula is C14H12N4O3. The van der Waals surface area contributed by atoms with Crippen molar-refractivity contribution in [3.05, 3.63) is 58.5 Å². The van der Waals surface area contributed by atoms with Crippen LogP contribution >= 0.6 is 0 Å². The smallest absolute Gasteiger partial charge is 0.269 e. The van der Waals surface area contributed by atoms with Crippen LogP contribution in [0, 0.1) is 21.4 Å². The third-order valence-corrected chi connectivity index (χ3v) is 3.50. The normalized spacial score (nSPS) is 21.2. The number of hydrazine groups is 1. The van der Waals surface area contributed by atoms with E-state index in [0.29, 0.717) is 6.42 Å². The third-order valence-electron chi connectivity index (χ3n) is 3.50. The van der Waals surface area contributed by atoms with E-state index in [1.165, 1.54) is 12.1 Å². The third kappa shape index (κ3) is 2.44. The minimum atomic E-state index is -0.447. The van der Waals surface area contributed by atoms with E-state index in [1.54, 1.807) is 29.7 Å². The molecule has 0 saturated carbocycles. The van der Waals surface area contributed by atoms with Gasteiger partial charge < -0.3 is 4.42 Å². The number of nitriles is 1. The molecule has 0 radical (unpaired) electrons. The second kappa shape index (κ2) is 5.26. The maximum absolute atomic E-state index is 10.7. The summed E-state index contributed by atoms with van der Waals surface area (Å²) in [6.45, 7) is 0. The van der Waals surface area contributed by atoms with Crippen molar-refractivity contribution >= 4 is 11.4 Å². The number of hydrogen-bond donors (Lipinski definition) is 1. The van der Waals surface area contributed by atoms with Crippen LogP contribution in [0.5, 0.6) is 0 Å². The van der Waals surface area contributed by atoms with Gasteiger partial charge in [-0.1, -0.05) is 0 Å². The number of nitro benzene ring substituents is 1. The van der Waals surface area contributed by atoms with Crippen molar-refractivity contribution in [2.45, 2.75) is 18.5 Å². The van der Waals surface area contributed by atoms with Crippen LogP contribution < -0.4 is 10.4 Å². The maximum Gasteiger partial charge on any atom is 0.269 e. The molecule has 1 aromatic carbocycles. The zero-order valence-electron chi connectivity index (χ0n) is 11.0. The highest BCUT2D eigenvalue weighted by molar-refractivity contribution is 5.53. The van der Waals surface area contributed by atoms with Crippen LogP contribution in [0.3, 0.4) is 0 Å². The Morgan fingerprint density at radius 1 is 1.38 bits per heavy atom. The van der Waals surface area contributed by atoms with Gasteiger partial charge in [0.25, 0.3) is 5.69 Å². The molecule has 1 aliphatic rings. The largest absolute Gasteiger partial charge is 0.472 e. The number of hydrogen-bond acceptors (Lipinski definition) is 6. The number of anilines is 1. The second-order valence-electron chi connectivity index (χ2n) is 4.76. The van der Waals surface area contributed by atoms with Gasteiger partial charge in [-0.15, -0.1) is 0 Å². The van der Waals surface area contributed by atoms with Gasteiger partial charge in [0.2, 0.25) is 0 Å². The Bertz CT molecular complexity index is 675. The fraction of sp³-hybridized carbons (Fsp3) is 0.214. The number of rotatable bonds is 3. The van der Waals surface area contributed by atoms with E-state index in [0.717, 1.165) is 11.3 Å². The highest BCUT2D eigenvalue weighted by Gasteiger charge is 2.33. The average Bonchev–Trinajstić information content (AvgIpc) is 3.16. The first-order valence-electron chi connectivity index (χ1n) is 6.40. The molecule has 1 aromatic heterocycles. The summed E-state index contributed by atoms with van der Waals surface area (Å²) in [5.41, 5.74) is 4.96. The summed E-state index contributed by atoms with van der Waals surface area (Å²) in [5, 5.41) is 21.7. The van der Waals surface area contributed by atoms with Crippen molar-refractivity contribution < 1.29 is 9.34 Å². The van der Waals surface area contributed by atoms with Gasteiger partial charge in [-0.25, -0.2) is 5.43 Å². The minimum absolute atomic E-state index is 0.0106. The molecule has 0 bridgehead atoms. The van der Waals surface area contributed by atoms with Crippen molar-refractivity contribution in [3.63, 3.8) is 0 Å². The van der Waals surface area contributed by atoms with Gasteiger partial charge in [-0.3, -0.25) is 15.1 Å². The minimum Gasteiger partial charge on any atom is -0.472 e. The number of nitro groups is 1. The molecule has 1 N–H and O–H groups in total. The first-order valence-corrected chi connectivity index (χ1v) is 6.40. The van der Waals surface area contributed by atoms with E-state index >= 15 is 0 Å². The number of nitrogens with zero attached hydrogens (tertiary/aromatic N) is 3. The number of benzene rings is 1. The highest BCUT2D eigenvalue weighted by atomic mass is 16.6. The van der Waals surface area contributed by atoms with Crippen molar-refractivity contribution in [2.24, 2.45) is 0 Å². The van der Waals surface area contributed by atoms with E-state index in [2.05, 4.69) is 11.5 Å². The number of furan rings is 1. The van der Waals surface area contributed by atoms with E-state index < -0.39 is 4.92 Å². The topological polar surface area (TPSA) is 95.3 Å². The molecule has 0 amide bonds. The average molecular weight is 284 g/mol. The maximum atomic E-state index is 10.7. The lowest BCUT2D eigenvalue weighted by Crippen LogP contribution is -2.37. The van der Waals surface area contributed by atoms with E-state index in [9.17, 15) is 15.4 Å². The van der Waals surface area contributed by atoms with Crippen LogP contribution in [0.4, 0.5) is 11.4 Å². The van der Waals surface area contributed by atoms with E-state index in [1.807, 2.05) is 6.07 Å². The first-order chi connectivity index (χ1) is 10.2. The van der Waals surface area contributed by atoms with Crippen LogP contribution in [0.15, 0.2) is 47.3 Å². The van der Waals surface area contributed by atoms with Gasteiger partial charge in [0, 0.05) is 24.1 Å². The molecule has 106 valence electrons. The van der Waals surface area contributed by atoms with E-state index in [4.69, 9.17) is 4.42 Å². The predicted molar refractivity (Wildman–Crippen MR) is 74.2 cm³/mol. The van der Waals surface area contributed by atoms with Crippen LogP contribution in [0.25, 0.3) is 0 Å². The zero-order valence-corrected chi connectivity index (χ0v) is 11.0. The monoisotopic (exact) mass is 284 g/mol. The Morgan fingerprint density at radius 3 is 2.71 bits per heavy atom. The summed E-state index contributed by atoms with van der Waals surface area (Å²) >= 11 is 0. The second-order valence-corrected chi connectivity index (χ2v) is 4.76. The SMILES string of the molecule is N#CC1CC(c2ccoc2)NN1c1ccc([N+](=O)[O-])cc1. The fourth-order valence-corrected chi connectivity index (χ4v) is 2.42. The van der Waals surface area contributed by atoms with Crippen LogP contribution in [0.2, 0.25) is 0 Å². The first kappa shape index (κ1) is 13.1. The molecule has 0 aliphatic carbocycles. The summed E-state index contributed by atoms with van der Waals surface area (Å²) in [4.78, 5) is 10.2. The quantitative estimate of drug-likeness (QED) is 0.687.